The van der Waals surface area contributed by atoms with Crippen molar-refractivity contribution in [1.82, 2.24) is 4.90 Å². The zero-order valence-electron chi connectivity index (χ0n) is 9.76. The smallest absolute Gasteiger partial charge is 0.321 e. The minimum atomic E-state index is -0.941. The molecule has 7 heteroatoms. The number of carboxylic acid groups (broad SMARTS) is 1. The maximum atomic E-state index is 12.9. The minimum absolute atomic E-state index is 0.0173. The normalized spacial score (nSPS) is 14.4. The van der Waals surface area contributed by atoms with Gasteiger partial charge >= 0.3 is 12.0 Å². The lowest BCUT2D eigenvalue weighted by molar-refractivity contribution is -0.145. The van der Waals surface area contributed by atoms with Crippen molar-refractivity contribution < 1.29 is 19.1 Å². The number of benzene rings is 1. The van der Waals surface area contributed by atoms with Gasteiger partial charge in [0.15, 0.2) is 0 Å². The van der Waals surface area contributed by atoms with E-state index in [1.54, 1.807) is 6.07 Å². The van der Waals surface area contributed by atoms with Crippen molar-refractivity contribution >= 4 is 17.7 Å². The molecule has 2 amide bonds. The molecule has 0 saturated carbocycles. The molecule has 1 aliphatic heterocycles. The number of carboxylic acids is 1. The first kappa shape index (κ1) is 12.8. The standard InChI is InChI=1S/C12H10FN3O3/c13-9-1-2-10(7(3-9)4-14)15-12(19)16-5-8(6-16)11(17)18/h1-3,8H,5-6H2,(H,15,19)(H,17,18). The van der Waals surface area contributed by atoms with Crippen LogP contribution in [0.25, 0.3) is 0 Å². The Morgan fingerprint density at radius 3 is 2.74 bits per heavy atom. The lowest BCUT2D eigenvalue weighted by Crippen LogP contribution is -2.54. The van der Waals surface area contributed by atoms with E-state index in [0.29, 0.717) is 0 Å². The van der Waals surface area contributed by atoms with Gasteiger partial charge in [0.2, 0.25) is 0 Å². The van der Waals surface area contributed by atoms with Crippen molar-refractivity contribution in [2.75, 3.05) is 18.4 Å². The Hall–Kier alpha value is -2.62. The van der Waals surface area contributed by atoms with Crippen LogP contribution < -0.4 is 5.32 Å². The second kappa shape index (κ2) is 4.94. The fourth-order valence-electron chi connectivity index (χ4n) is 1.71. The number of hydrogen-bond acceptors (Lipinski definition) is 3. The quantitative estimate of drug-likeness (QED) is 0.839. The van der Waals surface area contributed by atoms with Crippen LogP contribution in [0.3, 0.4) is 0 Å². The number of halogens is 1. The summed E-state index contributed by atoms with van der Waals surface area (Å²) in [5, 5.41) is 20.0. The molecule has 1 heterocycles. The van der Waals surface area contributed by atoms with E-state index < -0.39 is 23.7 Å². The molecule has 0 atom stereocenters. The number of nitrogens with zero attached hydrogens (tertiary/aromatic N) is 2. The summed E-state index contributed by atoms with van der Waals surface area (Å²) >= 11 is 0. The van der Waals surface area contributed by atoms with Gasteiger partial charge < -0.3 is 15.3 Å². The van der Waals surface area contributed by atoms with Crippen LogP contribution in [0.1, 0.15) is 5.56 Å². The average molecular weight is 263 g/mol. The molecule has 2 N–H and O–H groups in total. The second-order valence-electron chi connectivity index (χ2n) is 4.17. The van der Waals surface area contributed by atoms with E-state index in [-0.39, 0.29) is 24.3 Å². The molecular weight excluding hydrogens is 253 g/mol. The Balaban J connectivity index is 2.01. The molecule has 0 radical (unpaired) electrons. The molecule has 0 bridgehead atoms. The highest BCUT2D eigenvalue weighted by molar-refractivity contribution is 5.92. The Bertz CT molecular complexity index is 576. The number of amides is 2. The number of nitriles is 1. The number of carbonyl (C=O) groups excluding carboxylic acids is 1. The van der Waals surface area contributed by atoms with Crippen LogP contribution in [0.2, 0.25) is 0 Å². The van der Waals surface area contributed by atoms with Crippen LogP contribution in [0, 0.1) is 23.1 Å². The minimum Gasteiger partial charge on any atom is -0.481 e. The van der Waals surface area contributed by atoms with E-state index in [1.165, 1.54) is 11.0 Å². The largest absolute Gasteiger partial charge is 0.481 e. The maximum absolute atomic E-state index is 12.9. The molecule has 0 aromatic heterocycles. The SMILES string of the molecule is N#Cc1cc(F)ccc1NC(=O)N1CC(C(=O)O)C1. The number of hydrogen-bond donors (Lipinski definition) is 2. The molecular formula is C12H10FN3O3. The summed E-state index contributed by atoms with van der Waals surface area (Å²) in [7, 11) is 0. The number of carbonyl (C=O) groups is 2. The topological polar surface area (TPSA) is 93.4 Å². The van der Waals surface area contributed by atoms with Gasteiger partial charge in [-0.15, -0.1) is 0 Å². The summed E-state index contributed by atoms with van der Waals surface area (Å²) in [5.74, 6) is -2.05. The number of likely N-dealkylation sites (tertiary alicyclic amines) is 1. The van der Waals surface area contributed by atoms with Crippen molar-refractivity contribution in [3.63, 3.8) is 0 Å². The highest BCUT2D eigenvalue weighted by atomic mass is 19.1. The number of nitrogens with one attached hydrogen (secondary N) is 1. The summed E-state index contributed by atoms with van der Waals surface area (Å²) in [6, 6.07) is 4.72. The molecule has 98 valence electrons. The molecule has 1 fully saturated rings. The van der Waals surface area contributed by atoms with Gasteiger partial charge in [-0.3, -0.25) is 4.79 Å². The summed E-state index contributed by atoms with van der Waals surface area (Å²) < 4.78 is 12.9. The van der Waals surface area contributed by atoms with Crippen LogP contribution in [0.15, 0.2) is 18.2 Å². The zero-order valence-corrected chi connectivity index (χ0v) is 9.76. The van der Waals surface area contributed by atoms with Gasteiger partial charge in [0.25, 0.3) is 0 Å². The summed E-state index contributed by atoms with van der Waals surface area (Å²) in [4.78, 5) is 23.6. The van der Waals surface area contributed by atoms with Crippen molar-refractivity contribution in [1.29, 1.82) is 5.26 Å². The van der Waals surface area contributed by atoms with Gasteiger partial charge in [0.05, 0.1) is 17.2 Å². The third-order valence-corrected chi connectivity index (χ3v) is 2.86. The summed E-state index contributed by atoms with van der Waals surface area (Å²) in [5.41, 5.74) is 0.219. The lowest BCUT2D eigenvalue weighted by Gasteiger charge is -2.36. The van der Waals surface area contributed by atoms with Gasteiger partial charge in [0.1, 0.15) is 11.9 Å². The van der Waals surface area contributed by atoms with E-state index >= 15 is 0 Å². The van der Waals surface area contributed by atoms with Crippen LogP contribution in [0.5, 0.6) is 0 Å². The van der Waals surface area contributed by atoms with Gasteiger partial charge in [-0.25, -0.2) is 9.18 Å². The predicted molar refractivity (Wildman–Crippen MR) is 62.8 cm³/mol. The predicted octanol–water partition coefficient (Wildman–Crippen LogP) is 1.25. The summed E-state index contributed by atoms with van der Waals surface area (Å²) in [6.45, 7) is 0.258. The van der Waals surface area contributed by atoms with E-state index in [0.717, 1.165) is 12.1 Å². The van der Waals surface area contributed by atoms with Gasteiger partial charge in [-0.1, -0.05) is 0 Å². The molecule has 19 heavy (non-hydrogen) atoms. The fraction of sp³-hybridized carbons (Fsp3) is 0.250. The Morgan fingerprint density at radius 2 is 2.16 bits per heavy atom. The average Bonchev–Trinajstić information content (AvgIpc) is 2.28. The van der Waals surface area contributed by atoms with Gasteiger partial charge in [-0.2, -0.15) is 5.26 Å². The zero-order chi connectivity index (χ0) is 14.0. The maximum Gasteiger partial charge on any atom is 0.321 e. The van der Waals surface area contributed by atoms with Crippen molar-refractivity contribution in [3.8, 4) is 6.07 Å². The molecule has 1 aliphatic rings. The third-order valence-electron chi connectivity index (χ3n) is 2.86. The van der Waals surface area contributed by atoms with E-state index in [2.05, 4.69) is 5.32 Å². The number of rotatable bonds is 2. The molecule has 0 aliphatic carbocycles. The van der Waals surface area contributed by atoms with E-state index in [9.17, 15) is 14.0 Å². The number of anilines is 1. The van der Waals surface area contributed by atoms with Gasteiger partial charge in [-0.05, 0) is 18.2 Å². The summed E-state index contributed by atoms with van der Waals surface area (Å²) in [6.07, 6.45) is 0. The molecule has 1 aromatic carbocycles. The van der Waals surface area contributed by atoms with Gasteiger partial charge in [0, 0.05) is 13.1 Å². The first-order valence-corrected chi connectivity index (χ1v) is 5.49. The van der Waals surface area contributed by atoms with E-state index in [4.69, 9.17) is 10.4 Å². The Kier molecular flexibility index (Phi) is 3.33. The lowest BCUT2D eigenvalue weighted by atomic mass is 10.0. The highest BCUT2D eigenvalue weighted by Crippen LogP contribution is 2.20. The molecule has 1 saturated heterocycles. The molecule has 2 rings (SSSR count). The number of urea groups is 1. The second-order valence-corrected chi connectivity index (χ2v) is 4.17. The van der Waals surface area contributed by atoms with Crippen LogP contribution in [-0.4, -0.2) is 35.1 Å². The fourth-order valence-corrected chi connectivity index (χ4v) is 1.71. The molecule has 1 aromatic rings. The molecule has 6 nitrogen and oxygen atoms in total. The number of aliphatic carboxylic acids is 1. The molecule has 0 unspecified atom stereocenters. The van der Waals surface area contributed by atoms with Crippen molar-refractivity contribution in [2.24, 2.45) is 5.92 Å². The third kappa shape index (κ3) is 2.63. The molecule has 0 spiro atoms. The van der Waals surface area contributed by atoms with E-state index in [1.807, 2.05) is 0 Å². The van der Waals surface area contributed by atoms with Crippen molar-refractivity contribution in [3.05, 3.63) is 29.6 Å². The van der Waals surface area contributed by atoms with Crippen LogP contribution in [-0.2, 0) is 4.79 Å². The monoisotopic (exact) mass is 263 g/mol. The Morgan fingerprint density at radius 1 is 1.47 bits per heavy atom. The first-order chi connectivity index (χ1) is 9.01. The van der Waals surface area contributed by atoms with Crippen LogP contribution >= 0.6 is 0 Å². The van der Waals surface area contributed by atoms with Crippen LogP contribution in [0.4, 0.5) is 14.9 Å². The Labute approximate surface area is 108 Å². The first-order valence-electron chi connectivity index (χ1n) is 5.49. The van der Waals surface area contributed by atoms with Crippen molar-refractivity contribution in [2.45, 2.75) is 0 Å². The highest BCUT2D eigenvalue weighted by Gasteiger charge is 2.35.